The maximum absolute atomic E-state index is 15.2. The molecule has 3 amide bonds. The van der Waals surface area contributed by atoms with Gasteiger partial charge in [0.15, 0.2) is 0 Å². The molecule has 1 aromatic heterocycles. The van der Waals surface area contributed by atoms with Crippen LogP contribution in [0.2, 0.25) is 0 Å². The Bertz CT molecular complexity index is 2100. The van der Waals surface area contributed by atoms with Gasteiger partial charge in [0.25, 0.3) is 0 Å². The highest BCUT2D eigenvalue weighted by molar-refractivity contribution is 9.09. The molecule has 4 aromatic rings. The maximum atomic E-state index is 15.2. The molecule has 3 saturated heterocycles. The second-order valence-electron chi connectivity index (χ2n) is 14.5. The lowest BCUT2D eigenvalue weighted by molar-refractivity contribution is -0.162. The van der Waals surface area contributed by atoms with Crippen molar-refractivity contribution in [1.29, 1.82) is 0 Å². The summed E-state index contributed by atoms with van der Waals surface area (Å²) in [5, 5.41) is 22.5. The Morgan fingerprint density at radius 1 is 1.05 bits per heavy atom. The number of para-hydroxylation sites is 1. The largest absolute Gasteiger partial charge is 0.455 e. The summed E-state index contributed by atoms with van der Waals surface area (Å²) >= 11 is 3.75. The van der Waals surface area contributed by atoms with Gasteiger partial charge in [-0.05, 0) is 43.0 Å². The first kappa shape index (κ1) is 39.1. The minimum absolute atomic E-state index is 0.0123. The number of aliphatic hydroxyl groups excluding tert-OH is 1. The number of carbonyl (C=O) groups excluding carboxylic acids is 4. The highest BCUT2D eigenvalue weighted by Crippen LogP contribution is 2.61. The Morgan fingerprint density at radius 3 is 2.41 bits per heavy atom. The SMILES string of the molecule is C=CCCC(=O)N[C@@H](C)[C@H](OC(=O)[C@H]1[C@@H]2O[C@@]3(CC2Br)[C@@H]1C(=O)N([C@H](CO)c1ccccc1)[C@@H]3C(=O)N(CC=C)Cn1nnc2ccccc21)c1ccccc1. The summed E-state index contributed by atoms with van der Waals surface area (Å²) in [4.78, 5) is 60.3. The first-order valence-electron chi connectivity index (χ1n) is 18.8. The molecular formula is C42H45BrN6O7. The first-order chi connectivity index (χ1) is 27.1. The van der Waals surface area contributed by atoms with E-state index in [2.05, 4.69) is 44.7 Å². The van der Waals surface area contributed by atoms with Crippen LogP contribution in [0.1, 0.15) is 49.5 Å². The van der Waals surface area contributed by atoms with Gasteiger partial charge in [-0.25, -0.2) is 4.68 Å². The summed E-state index contributed by atoms with van der Waals surface area (Å²) in [5.41, 5.74) is 1.17. The van der Waals surface area contributed by atoms with E-state index in [1.807, 2.05) is 60.7 Å². The molecule has 13 nitrogen and oxygen atoms in total. The Balaban J connectivity index is 1.27. The number of carbonyl (C=O) groups is 4. The fourth-order valence-corrected chi connectivity index (χ4v) is 9.59. The van der Waals surface area contributed by atoms with Gasteiger partial charge in [0.2, 0.25) is 17.7 Å². The van der Waals surface area contributed by atoms with E-state index >= 15 is 9.59 Å². The van der Waals surface area contributed by atoms with Gasteiger partial charge in [0, 0.05) is 17.8 Å². The van der Waals surface area contributed by atoms with Gasteiger partial charge in [0.05, 0.1) is 42.1 Å². The van der Waals surface area contributed by atoms with Gasteiger partial charge >= 0.3 is 5.97 Å². The summed E-state index contributed by atoms with van der Waals surface area (Å²) in [6.07, 6.45) is 2.49. The minimum Gasteiger partial charge on any atom is -0.455 e. The van der Waals surface area contributed by atoms with Crippen LogP contribution in [-0.2, 0) is 35.3 Å². The van der Waals surface area contributed by atoms with Crippen LogP contribution < -0.4 is 5.32 Å². The van der Waals surface area contributed by atoms with Crippen LogP contribution in [0.15, 0.2) is 110 Å². The van der Waals surface area contributed by atoms with Crippen LogP contribution in [0, 0.1) is 11.8 Å². The van der Waals surface area contributed by atoms with Gasteiger partial charge in [0.1, 0.15) is 29.9 Å². The van der Waals surface area contributed by atoms with E-state index in [1.54, 1.807) is 48.0 Å². The van der Waals surface area contributed by atoms with Gasteiger partial charge in [-0.2, -0.15) is 0 Å². The lowest BCUT2D eigenvalue weighted by Crippen LogP contribution is -2.57. The van der Waals surface area contributed by atoms with Crippen molar-refractivity contribution in [3.8, 4) is 0 Å². The molecular weight excluding hydrogens is 780 g/mol. The van der Waals surface area contributed by atoms with Gasteiger partial charge < -0.3 is 29.7 Å². The number of ether oxygens (including phenoxy) is 2. The van der Waals surface area contributed by atoms with E-state index in [1.165, 1.54) is 9.80 Å². The number of allylic oxidation sites excluding steroid dienone is 1. The highest BCUT2D eigenvalue weighted by Gasteiger charge is 2.77. The van der Waals surface area contributed by atoms with Crippen molar-refractivity contribution in [2.45, 2.75) is 73.6 Å². The number of nitrogens with one attached hydrogen (secondary N) is 1. The normalized spacial score (nSPS) is 25.3. The monoisotopic (exact) mass is 824 g/mol. The van der Waals surface area contributed by atoms with Crippen molar-refractivity contribution in [3.63, 3.8) is 0 Å². The second kappa shape index (κ2) is 16.5. The van der Waals surface area contributed by atoms with E-state index in [0.29, 0.717) is 28.6 Å². The molecule has 0 aliphatic carbocycles. The maximum Gasteiger partial charge on any atom is 0.313 e. The second-order valence-corrected chi connectivity index (χ2v) is 15.7. The van der Waals surface area contributed by atoms with E-state index in [9.17, 15) is 14.7 Å². The van der Waals surface area contributed by atoms with E-state index in [-0.39, 0.29) is 32.0 Å². The lowest BCUT2D eigenvalue weighted by atomic mass is 9.70. The minimum atomic E-state index is -1.46. The summed E-state index contributed by atoms with van der Waals surface area (Å²) in [7, 11) is 0. The Morgan fingerprint density at radius 2 is 1.73 bits per heavy atom. The topological polar surface area (TPSA) is 156 Å². The molecule has 3 aromatic carbocycles. The number of esters is 1. The zero-order valence-corrected chi connectivity index (χ0v) is 32.6. The number of halogens is 1. The van der Waals surface area contributed by atoms with Crippen LogP contribution >= 0.6 is 15.9 Å². The number of nitrogens with zero attached hydrogens (tertiary/aromatic N) is 5. The molecule has 0 radical (unpaired) electrons. The molecule has 14 heteroatoms. The molecule has 56 heavy (non-hydrogen) atoms. The third kappa shape index (κ3) is 7.05. The smallest absolute Gasteiger partial charge is 0.313 e. The number of aliphatic hydroxyl groups is 1. The number of fused-ring (bicyclic) bond motifs is 2. The molecule has 9 atom stereocenters. The molecule has 292 valence electrons. The van der Waals surface area contributed by atoms with Crippen LogP contribution in [0.5, 0.6) is 0 Å². The Labute approximate surface area is 333 Å². The number of alkyl halides is 1. The summed E-state index contributed by atoms with van der Waals surface area (Å²) < 4.78 is 14.7. The molecule has 3 fully saturated rings. The summed E-state index contributed by atoms with van der Waals surface area (Å²) in [6, 6.07) is 22.7. The third-order valence-electron chi connectivity index (χ3n) is 11.1. The fourth-order valence-electron chi connectivity index (χ4n) is 8.65. The standard InChI is InChI=1S/C42H45BrN6O7/c1-4-6-21-33(51)44-26(3)36(28-17-11-8-12-18-28)55-41(54)34-35-39(52)49(32(24-50)27-15-9-7-10-16-27)38(42(35)23-29(43)37(34)56-42)40(53)47(22-5-2)25-48-31-20-14-13-19-30(31)45-46-48/h4-5,7-20,26,29,32,34-38,50H,1-2,6,21-25H2,3H3,(H,44,51)/t26-,29?,32+,34+,35-,36-,37+,38+,42-/m0/s1. The molecule has 1 unspecified atom stereocenters. The quantitative estimate of drug-likeness (QED) is 0.0934. The van der Waals surface area contributed by atoms with Gasteiger partial charge in [-0.15, -0.1) is 18.3 Å². The van der Waals surface area contributed by atoms with Crippen molar-refractivity contribution in [2.75, 3.05) is 13.2 Å². The van der Waals surface area contributed by atoms with E-state index < -0.39 is 77.0 Å². The fraction of sp³-hybridized carbons (Fsp3) is 0.381. The van der Waals surface area contributed by atoms with Crippen molar-refractivity contribution < 1.29 is 33.8 Å². The van der Waals surface area contributed by atoms with Crippen LogP contribution in [-0.4, -0.2) is 95.4 Å². The number of rotatable bonds is 16. The average Bonchev–Trinajstić information content (AvgIpc) is 3.94. The summed E-state index contributed by atoms with van der Waals surface area (Å²) in [6.45, 7) is 8.95. The Kier molecular flexibility index (Phi) is 11.5. The molecule has 0 saturated carbocycles. The number of hydrogen-bond donors (Lipinski definition) is 2. The number of hydrogen-bond acceptors (Lipinski definition) is 9. The zero-order valence-electron chi connectivity index (χ0n) is 31.0. The van der Waals surface area contributed by atoms with E-state index in [4.69, 9.17) is 9.47 Å². The molecule has 3 aliphatic heterocycles. The molecule has 7 rings (SSSR count). The molecule has 3 aliphatic rings. The molecule has 4 heterocycles. The summed E-state index contributed by atoms with van der Waals surface area (Å²) in [5.74, 6) is -4.10. The van der Waals surface area contributed by atoms with Gasteiger partial charge in [-0.1, -0.05) is 106 Å². The average molecular weight is 826 g/mol. The third-order valence-corrected chi connectivity index (χ3v) is 11.9. The number of aromatic nitrogens is 3. The first-order valence-corrected chi connectivity index (χ1v) is 19.7. The van der Waals surface area contributed by atoms with Crippen molar-refractivity contribution >= 4 is 50.7 Å². The van der Waals surface area contributed by atoms with Crippen LogP contribution in [0.4, 0.5) is 0 Å². The molecule has 2 N–H and O–H groups in total. The lowest BCUT2D eigenvalue weighted by Gasteiger charge is -2.39. The van der Waals surface area contributed by atoms with E-state index in [0.717, 1.165) is 0 Å². The number of benzene rings is 3. The molecule has 2 bridgehead atoms. The zero-order chi connectivity index (χ0) is 39.6. The van der Waals surface area contributed by atoms with Crippen LogP contribution in [0.3, 0.4) is 0 Å². The Hall–Kier alpha value is -5.18. The van der Waals surface area contributed by atoms with Crippen molar-refractivity contribution in [1.82, 2.24) is 30.1 Å². The predicted molar refractivity (Wildman–Crippen MR) is 211 cm³/mol. The predicted octanol–water partition coefficient (Wildman–Crippen LogP) is 4.64. The highest BCUT2D eigenvalue weighted by atomic mass is 79.9. The van der Waals surface area contributed by atoms with Crippen molar-refractivity contribution in [2.24, 2.45) is 11.8 Å². The number of amides is 3. The number of likely N-dealkylation sites (tertiary alicyclic amines) is 1. The van der Waals surface area contributed by atoms with Gasteiger partial charge in [-0.3, -0.25) is 19.2 Å². The van der Waals surface area contributed by atoms with Crippen LogP contribution in [0.25, 0.3) is 11.0 Å². The van der Waals surface area contributed by atoms with Crippen molar-refractivity contribution in [3.05, 3.63) is 121 Å². The molecule has 1 spiro atoms.